The van der Waals surface area contributed by atoms with Crippen LogP contribution in [0.5, 0.6) is 0 Å². The number of hydrogen-bond donors (Lipinski definition) is 0. The van der Waals surface area contributed by atoms with Gasteiger partial charge >= 0.3 is 0 Å². The topological polar surface area (TPSA) is 85.0 Å². The molecule has 0 saturated heterocycles. The molecule has 1 fully saturated rings. The third-order valence-electron chi connectivity index (χ3n) is 5.82. The van der Waals surface area contributed by atoms with Crippen LogP contribution in [0, 0.1) is 6.92 Å². The SMILES string of the molecule is Cc1cc(-c2cnc(C3CC3)cn2)cc(N(C)c2nc3nnnn3c3cc(Cl)ccc23)c1. The normalized spacial score (nSPS) is 13.7. The Morgan fingerprint density at radius 3 is 2.72 bits per heavy atom. The molecule has 0 unspecified atom stereocenters. The Morgan fingerprint density at radius 1 is 1.06 bits per heavy atom. The first-order valence-corrected chi connectivity index (χ1v) is 10.8. The first-order chi connectivity index (χ1) is 15.6. The van der Waals surface area contributed by atoms with Gasteiger partial charge in [-0.05, 0) is 72.2 Å². The van der Waals surface area contributed by atoms with Crippen LogP contribution in [0.2, 0.25) is 5.02 Å². The smallest absolute Gasteiger partial charge is 0.275 e. The van der Waals surface area contributed by atoms with E-state index in [0.29, 0.717) is 16.7 Å². The highest BCUT2D eigenvalue weighted by Gasteiger charge is 2.25. The number of hydrogen-bond acceptors (Lipinski definition) is 7. The van der Waals surface area contributed by atoms with E-state index >= 15 is 0 Å². The Morgan fingerprint density at radius 2 is 1.94 bits per heavy atom. The Hall–Kier alpha value is -3.65. The lowest BCUT2D eigenvalue weighted by atomic mass is 10.1. The largest absolute Gasteiger partial charge is 0.329 e. The van der Waals surface area contributed by atoms with Crippen LogP contribution >= 0.6 is 11.6 Å². The summed E-state index contributed by atoms with van der Waals surface area (Å²) < 4.78 is 1.59. The van der Waals surface area contributed by atoms with Crippen LogP contribution < -0.4 is 4.90 Å². The van der Waals surface area contributed by atoms with Crippen molar-refractivity contribution in [1.82, 2.24) is 35.0 Å². The van der Waals surface area contributed by atoms with Crippen molar-refractivity contribution in [3.8, 4) is 11.3 Å². The van der Waals surface area contributed by atoms with Gasteiger partial charge in [-0.25, -0.2) is 0 Å². The van der Waals surface area contributed by atoms with E-state index in [1.54, 1.807) is 4.52 Å². The lowest BCUT2D eigenvalue weighted by Crippen LogP contribution is -2.13. The molecule has 9 heteroatoms. The minimum Gasteiger partial charge on any atom is -0.329 e. The first kappa shape index (κ1) is 19.1. The van der Waals surface area contributed by atoms with Gasteiger partial charge in [0.15, 0.2) is 0 Å². The van der Waals surface area contributed by atoms with E-state index in [-0.39, 0.29) is 0 Å². The third kappa shape index (κ3) is 3.23. The molecule has 1 saturated carbocycles. The lowest BCUT2D eigenvalue weighted by Gasteiger charge is -2.21. The molecule has 5 aromatic rings. The van der Waals surface area contributed by atoms with E-state index in [1.165, 1.54) is 12.8 Å². The fourth-order valence-electron chi connectivity index (χ4n) is 3.99. The van der Waals surface area contributed by atoms with Crippen LogP contribution in [0.4, 0.5) is 11.5 Å². The predicted molar refractivity (Wildman–Crippen MR) is 123 cm³/mol. The zero-order valence-corrected chi connectivity index (χ0v) is 18.3. The van der Waals surface area contributed by atoms with Crippen LogP contribution in [0.1, 0.15) is 30.0 Å². The van der Waals surface area contributed by atoms with E-state index < -0.39 is 0 Å². The van der Waals surface area contributed by atoms with Gasteiger partial charge in [-0.1, -0.05) is 16.7 Å². The summed E-state index contributed by atoms with van der Waals surface area (Å²) >= 11 is 6.25. The number of rotatable bonds is 4. The summed E-state index contributed by atoms with van der Waals surface area (Å²) in [6, 6.07) is 12.0. The van der Waals surface area contributed by atoms with Gasteiger partial charge < -0.3 is 4.90 Å². The molecule has 6 rings (SSSR count). The number of nitrogens with zero attached hydrogens (tertiary/aromatic N) is 8. The molecule has 3 heterocycles. The van der Waals surface area contributed by atoms with E-state index in [9.17, 15) is 0 Å². The molecule has 0 spiro atoms. The van der Waals surface area contributed by atoms with Gasteiger partial charge in [0, 0.05) is 40.8 Å². The average Bonchev–Trinajstić information content (AvgIpc) is 3.54. The minimum absolute atomic E-state index is 0.413. The lowest BCUT2D eigenvalue weighted by molar-refractivity contribution is 0.840. The molecule has 1 aliphatic carbocycles. The average molecular weight is 443 g/mol. The second-order valence-electron chi connectivity index (χ2n) is 8.20. The maximum absolute atomic E-state index is 6.25. The van der Waals surface area contributed by atoms with E-state index in [0.717, 1.165) is 44.9 Å². The summed E-state index contributed by atoms with van der Waals surface area (Å²) in [5.74, 6) is 1.74. The second kappa shape index (κ2) is 7.20. The molecule has 0 N–H and O–H groups in total. The standard InChI is InChI=1S/C23H19ClN8/c1-13-7-15(20-12-25-19(11-26-20)14-3-4-14)9-17(8-13)31(2)22-18-6-5-16(24)10-21(18)32-23(27-22)28-29-30-32/h5-12,14H,3-4H2,1-2H3. The van der Waals surface area contributed by atoms with Crippen molar-refractivity contribution in [2.24, 2.45) is 0 Å². The van der Waals surface area contributed by atoms with Crippen molar-refractivity contribution in [2.75, 3.05) is 11.9 Å². The number of benzene rings is 2. The molecular formula is C23H19ClN8. The summed E-state index contributed by atoms with van der Waals surface area (Å²) in [5, 5.41) is 13.4. The third-order valence-corrected chi connectivity index (χ3v) is 6.05. The van der Waals surface area contributed by atoms with Crippen molar-refractivity contribution in [1.29, 1.82) is 0 Å². The van der Waals surface area contributed by atoms with Crippen LogP contribution in [-0.2, 0) is 0 Å². The Labute approximate surface area is 188 Å². The molecule has 3 aromatic heterocycles. The van der Waals surface area contributed by atoms with Crippen molar-refractivity contribution < 1.29 is 0 Å². The van der Waals surface area contributed by atoms with E-state index in [2.05, 4.69) is 50.6 Å². The molecule has 0 amide bonds. The predicted octanol–water partition coefficient (Wildman–Crippen LogP) is 4.74. The maximum Gasteiger partial charge on any atom is 0.275 e. The van der Waals surface area contributed by atoms with Gasteiger partial charge in [0.25, 0.3) is 5.78 Å². The van der Waals surface area contributed by atoms with Gasteiger partial charge in [-0.3, -0.25) is 9.97 Å². The fourth-order valence-corrected chi connectivity index (χ4v) is 4.16. The zero-order chi connectivity index (χ0) is 21.8. The summed E-state index contributed by atoms with van der Waals surface area (Å²) in [5.41, 5.74) is 5.85. The van der Waals surface area contributed by atoms with E-state index in [1.807, 2.05) is 42.5 Å². The van der Waals surface area contributed by atoms with E-state index in [4.69, 9.17) is 16.6 Å². The van der Waals surface area contributed by atoms with Crippen molar-refractivity contribution in [3.05, 3.63) is 65.1 Å². The summed E-state index contributed by atoms with van der Waals surface area (Å²) in [6.07, 6.45) is 6.20. The molecule has 0 aliphatic heterocycles. The van der Waals surface area contributed by atoms with Gasteiger partial charge in [-0.15, -0.1) is 0 Å². The van der Waals surface area contributed by atoms with Crippen molar-refractivity contribution in [3.63, 3.8) is 0 Å². The molecular weight excluding hydrogens is 424 g/mol. The second-order valence-corrected chi connectivity index (χ2v) is 8.64. The molecule has 0 bridgehead atoms. The van der Waals surface area contributed by atoms with Gasteiger partial charge in [-0.2, -0.15) is 9.50 Å². The quantitative estimate of drug-likeness (QED) is 0.397. The zero-order valence-electron chi connectivity index (χ0n) is 17.6. The van der Waals surface area contributed by atoms with Gasteiger partial charge in [0.1, 0.15) is 5.82 Å². The van der Waals surface area contributed by atoms with Gasteiger partial charge in [0.05, 0.1) is 23.1 Å². The molecule has 0 radical (unpaired) electrons. The maximum atomic E-state index is 6.25. The number of aryl methyl sites for hydroxylation is 1. The Balaban J connectivity index is 1.46. The number of anilines is 2. The Kier molecular flexibility index (Phi) is 4.29. The number of halogens is 1. The highest BCUT2D eigenvalue weighted by atomic mass is 35.5. The molecule has 32 heavy (non-hydrogen) atoms. The highest BCUT2D eigenvalue weighted by molar-refractivity contribution is 6.31. The van der Waals surface area contributed by atoms with Crippen LogP contribution in [0.3, 0.4) is 0 Å². The van der Waals surface area contributed by atoms with Crippen LogP contribution in [0.15, 0.2) is 48.8 Å². The van der Waals surface area contributed by atoms with Crippen molar-refractivity contribution >= 4 is 39.8 Å². The fraction of sp³-hybridized carbons (Fsp3) is 0.217. The summed E-state index contributed by atoms with van der Waals surface area (Å²) in [4.78, 5) is 16.1. The number of tetrazole rings is 1. The minimum atomic E-state index is 0.413. The molecule has 1 aliphatic rings. The highest BCUT2D eigenvalue weighted by Crippen LogP contribution is 2.39. The van der Waals surface area contributed by atoms with Gasteiger partial charge in [0.2, 0.25) is 0 Å². The molecule has 158 valence electrons. The van der Waals surface area contributed by atoms with Crippen LogP contribution in [-0.4, -0.2) is 42.0 Å². The number of fused-ring (bicyclic) bond motifs is 3. The first-order valence-electron chi connectivity index (χ1n) is 10.4. The van der Waals surface area contributed by atoms with Crippen LogP contribution in [0.25, 0.3) is 27.9 Å². The summed E-state index contributed by atoms with van der Waals surface area (Å²) in [6.45, 7) is 2.07. The van der Waals surface area contributed by atoms with Crippen molar-refractivity contribution in [2.45, 2.75) is 25.7 Å². The molecule has 2 aromatic carbocycles. The molecule has 8 nitrogen and oxygen atoms in total. The summed E-state index contributed by atoms with van der Waals surface area (Å²) in [7, 11) is 1.98. The monoisotopic (exact) mass is 442 g/mol. The Bertz CT molecular complexity index is 1470. The number of aromatic nitrogens is 7. The molecule has 0 atom stereocenters.